The van der Waals surface area contributed by atoms with Crippen molar-refractivity contribution in [2.24, 2.45) is 11.3 Å². The number of carboxylic acids is 1. The number of aromatic nitrogens is 1. The van der Waals surface area contributed by atoms with Gasteiger partial charge in [-0.25, -0.2) is 0 Å². The second kappa shape index (κ2) is 5.64. The van der Waals surface area contributed by atoms with E-state index in [1.807, 2.05) is 12.3 Å². The van der Waals surface area contributed by atoms with E-state index in [-0.39, 0.29) is 11.4 Å². The third kappa shape index (κ3) is 2.64. The quantitative estimate of drug-likeness (QED) is 0.775. The summed E-state index contributed by atoms with van der Waals surface area (Å²) in [4.78, 5) is 27.3. The molecule has 0 spiro atoms. The Morgan fingerprint density at radius 3 is 2.38 bits per heavy atom. The molecule has 24 heavy (non-hydrogen) atoms. The molecule has 4 fully saturated rings. The number of carboxylic acid groups (broad SMARTS) is 1. The standard InChI is InChI=1S/C19H26N2O3/c22-16(15-11-14(12-20-15)10-13-2-1-3-13)21-19-7-4-18(5-8-19,6-9-19)17(23)24/h11-13,20H,1-10H2,(H,21,22)(H,23,24). The number of fused-ring (bicyclic) bond motifs is 3. The number of aromatic amines is 1. The van der Waals surface area contributed by atoms with Gasteiger partial charge < -0.3 is 15.4 Å². The minimum Gasteiger partial charge on any atom is -0.481 e. The van der Waals surface area contributed by atoms with Crippen molar-refractivity contribution in [3.8, 4) is 0 Å². The monoisotopic (exact) mass is 330 g/mol. The zero-order valence-electron chi connectivity index (χ0n) is 14.1. The van der Waals surface area contributed by atoms with Crippen LogP contribution in [0.5, 0.6) is 0 Å². The molecule has 0 aromatic carbocycles. The van der Waals surface area contributed by atoms with Gasteiger partial charge in [-0.2, -0.15) is 0 Å². The van der Waals surface area contributed by atoms with Gasteiger partial charge in [-0.05, 0) is 62.5 Å². The summed E-state index contributed by atoms with van der Waals surface area (Å²) in [6.07, 6.45) is 11.4. The van der Waals surface area contributed by atoms with Crippen molar-refractivity contribution in [1.29, 1.82) is 0 Å². The Labute approximate surface area is 142 Å². The zero-order valence-corrected chi connectivity index (χ0v) is 14.1. The maximum atomic E-state index is 12.6. The van der Waals surface area contributed by atoms with Gasteiger partial charge in [0, 0.05) is 11.7 Å². The summed E-state index contributed by atoms with van der Waals surface area (Å²) in [6.45, 7) is 0. The first-order chi connectivity index (χ1) is 11.5. The van der Waals surface area contributed by atoms with Crippen LogP contribution in [0.2, 0.25) is 0 Å². The van der Waals surface area contributed by atoms with Crippen LogP contribution in [0.25, 0.3) is 0 Å². The fraction of sp³-hybridized carbons (Fsp3) is 0.684. The van der Waals surface area contributed by atoms with Gasteiger partial charge in [0.2, 0.25) is 0 Å². The Bertz CT molecular complexity index is 635. The number of nitrogens with one attached hydrogen (secondary N) is 2. The van der Waals surface area contributed by atoms with Gasteiger partial charge >= 0.3 is 5.97 Å². The summed E-state index contributed by atoms with van der Waals surface area (Å²) < 4.78 is 0. The molecule has 1 heterocycles. The van der Waals surface area contributed by atoms with E-state index in [0.717, 1.165) is 31.6 Å². The molecule has 1 amide bonds. The molecule has 5 nitrogen and oxygen atoms in total. The number of carbonyl (C=O) groups is 2. The highest BCUT2D eigenvalue weighted by Gasteiger charge is 2.53. The van der Waals surface area contributed by atoms with Crippen LogP contribution in [0.1, 0.15) is 73.8 Å². The van der Waals surface area contributed by atoms with Crippen LogP contribution in [0.3, 0.4) is 0 Å². The largest absolute Gasteiger partial charge is 0.481 e. The Morgan fingerprint density at radius 1 is 1.17 bits per heavy atom. The second-order valence-electron chi connectivity index (χ2n) is 8.24. The number of hydrogen-bond acceptors (Lipinski definition) is 2. The lowest BCUT2D eigenvalue weighted by atomic mass is 9.57. The molecule has 0 radical (unpaired) electrons. The molecule has 0 aliphatic heterocycles. The van der Waals surface area contributed by atoms with Crippen LogP contribution < -0.4 is 5.32 Å². The van der Waals surface area contributed by atoms with Gasteiger partial charge in [0.25, 0.3) is 5.91 Å². The van der Waals surface area contributed by atoms with Crippen LogP contribution in [-0.2, 0) is 11.2 Å². The van der Waals surface area contributed by atoms with Gasteiger partial charge in [-0.1, -0.05) is 19.3 Å². The van der Waals surface area contributed by atoms with Gasteiger partial charge in [-0.15, -0.1) is 0 Å². The number of carbonyl (C=O) groups excluding carboxylic acids is 1. The number of amides is 1. The summed E-state index contributed by atoms with van der Waals surface area (Å²) in [6, 6.07) is 1.98. The molecule has 130 valence electrons. The van der Waals surface area contributed by atoms with E-state index < -0.39 is 11.4 Å². The lowest BCUT2D eigenvalue weighted by Gasteiger charge is -2.51. The lowest BCUT2D eigenvalue weighted by Crippen LogP contribution is -2.58. The number of aliphatic carboxylic acids is 1. The number of H-pyrrole nitrogens is 1. The van der Waals surface area contributed by atoms with Crippen LogP contribution in [0.15, 0.2) is 12.3 Å². The molecule has 3 N–H and O–H groups in total. The van der Waals surface area contributed by atoms with E-state index in [4.69, 9.17) is 0 Å². The zero-order chi connectivity index (χ0) is 16.8. The second-order valence-corrected chi connectivity index (χ2v) is 8.24. The minimum absolute atomic E-state index is 0.0421. The molecule has 1 aromatic rings. The molecular formula is C19H26N2O3. The average molecular weight is 330 g/mol. The van der Waals surface area contributed by atoms with E-state index in [2.05, 4.69) is 10.3 Å². The van der Waals surface area contributed by atoms with Gasteiger partial charge in [-0.3, -0.25) is 9.59 Å². The fourth-order valence-electron chi connectivity index (χ4n) is 4.72. The third-order valence-electron chi connectivity index (χ3n) is 6.82. The fourth-order valence-corrected chi connectivity index (χ4v) is 4.72. The Hall–Kier alpha value is -1.78. The molecule has 4 aliphatic rings. The molecule has 4 aliphatic carbocycles. The van der Waals surface area contributed by atoms with Gasteiger partial charge in [0.15, 0.2) is 0 Å². The van der Waals surface area contributed by atoms with Gasteiger partial charge in [0.1, 0.15) is 5.69 Å². The summed E-state index contributed by atoms with van der Waals surface area (Å²) in [5.74, 6) is 0.0860. The van der Waals surface area contributed by atoms with Crippen molar-refractivity contribution < 1.29 is 14.7 Å². The van der Waals surface area contributed by atoms with E-state index in [0.29, 0.717) is 25.0 Å². The van der Waals surface area contributed by atoms with Crippen molar-refractivity contribution in [3.05, 3.63) is 23.5 Å². The molecule has 0 unspecified atom stereocenters. The Balaban J connectivity index is 1.39. The SMILES string of the molecule is O=C(NC12CCC(C(=O)O)(CC1)CC2)c1cc(CC2CCC2)c[nH]1. The molecule has 5 rings (SSSR count). The third-order valence-corrected chi connectivity index (χ3v) is 6.82. The first-order valence-electron chi connectivity index (χ1n) is 9.24. The first-order valence-corrected chi connectivity index (χ1v) is 9.24. The van der Waals surface area contributed by atoms with Crippen LogP contribution in [0.4, 0.5) is 0 Å². The molecule has 0 atom stereocenters. The maximum absolute atomic E-state index is 12.6. The van der Waals surface area contributed by atoms with E-state index in [9.17, 15) is 14.7 Å². The highest BCUT2D eigenvalue weighted by molar-refractivity contribution is 5.93. The van der Waals surface area contributed by atoms with Crippen molar-refractivity contribution in [1.82, 2.24) is 10.3 Å². The van der Waals surface area contributed by atoms with E-state index in [1.54, 1.807) is 0 Å². The minimum atomic E-state index is -0.660. The smallest absolute Gasteiger partial charge is 0.309 e. The molecule has 0 saturated heterocycles. The highest BCUT2D eigenvalue weighted by Crippen LogP contribution is 2.52. The number of rotatable bonds is 5. The normalized spacial score (nSPS) is 32.3. The number of hydrogen-bond donors (Lipinski definition) is 3. The molecule has 2 bridgehead atoms. The van der Waals surface area contributed by atoms with Crippen molar-refractivity contribution in [3.63, 3.8) is 0 Å². The lowest BCUT2D eigenvalue weighted by molar-refractivity contribution is -0.156. The van der Waals surface area contributed by atoms with Crippen molar-refractivity contribution >= 4 is 11.9 Å². The molecule has 5 heteroatoms. The van der Waals surface area contributed by atoms with E-state index in [1.165, 1.54) is 24.8 Å². The van der Waals surface area contributed by atoms with Crippen LogP contribution >= 0.6 is 0 Å². The summed E-state index contributed by atoms with van der Waals surface area (Å²) >= 11 is 0. The summed E-state index contributed by atoms with van der Waals surface area (Å²) in [5, 5.41) is 12.7. The first kappa shape index (κ1) is 15.7. The average Bonchev–Trinajstić information content (AvgIpc) is 3.01. The van der Waals surface area contributed by atoms with Crippen LogP contribution in [-0.4, -0.2) is 27.5 Å². The van der Waals surface area contributed by atoms with Crippen LogP contribution in [0, 0.1) is 11.3 Å². The summed E-state index contributed by atoms with van der Waals surface area (Å²) in [5.41, 5.74) is 1.13. The van der Waals surface area contributed by atoms with E-state index >= 15 is 0 Å². The predicted octanol–water partition coefficient (Wildman–Crippen LogP) is 3.26. The Kier molecular flexibility index (Phi) is 3.70. The molecular weight excluding hydrogens is 304 g/mol. The van der Waals surface area contributed by atoms with Gasteiger partial charge in [0.05, 0.1) is 5.41 Å². The Morgan fingerprint density at radius 2 is 1.83 bits per heavy atom. The highest BCUT2D eigenvalue weighted by atomic mass is 16.4. The van der Waals surface area contributed by atoms with Crippen molar-refractivity contribution in [2.45, 2.75) is 69.7 Å². The summed E-state index contributed by atoms with van der Waals surface area (Å²) in [7, 11) is 0. The molecule has 4 saturated carbocycles. The predicted molar refractivity (Wildman–Crippen MR) is 89.8 cm³/mol. The maximum Gasteiger partial charge on any atom is 0.309 e. The topological polar surface area (TPSA) is 82.2 Å². The van der Waals surface area contributed by atoms with Crippen molar-refractivity contribution in [2.75, 3.05) is 0 Å². The molecule has 1 aromatic heterocycles.